The molecular weight excluding hydrogens is 368 g/mol. The van der Waals surface area contributed by atoms with Crippen molar-refractivity contribution in [1.82, 2.24) is 9.88 Å². The quantitative estimate of drug-likeness (QED) is 0.464. The Kier molecular flexibility index (Phi) is 6.42. The molecule has 0 spiro atoms. The molecule has 0 aliphatic carbocycles. The van der Waals surface area contributed by atoms with E-state index in [1.807, 2.05) is 18.0 Å². The summed E-state index contributed by atoms with van der Waals surface area (Å²) in [6.07, 6.45) is 0.250. The fourth-order valence-corrected chi connectivity index (χ4v) is 4.32. The van der Waals surface area contributed by atoms with Gasteiger partial charge in [0.05, 0.1) is 17.8 Å². The Morgan fingerprint density at radius 3 is 2.52 bits per heavy atom. The maximum Gasteiger partial charge on any atom is 0.407 e. The third-order valence-corrected chi connectivity index (χ3v) is 5.24. The number of nitro groups is 1. The summed E-state index contributed by atoms with van der Waals surface area (Å²) >= 11 is 0. The highest BCUT2D eigenvalue weighted by atomic mass is 28.3. The second-order valence-electron chi connectivity index (χ2n) is 7.93. The molecule has 149 valence electrons. The standard InChI is InChI=1S/C17H27N4O5Si/c1-17(2,3)15(26-27(4)5)13-11-19(8-9-20(13)16(22)23)12-6-7-14(18-10-12)21(24)25/h6-7,10,13,15H,8-9,11H2,1-5H3,(H,22,23)/t13-,15?/m1/s1. The number of carboxylic acid groups (broad SMARTS) is 1. The monoisotopic (exact) mass is 395 g/mol. The van der Waals surface area contributed by atoms with Crippen molar-refractivity contribution >= 4 is 26.6 Å². The molecule has 0 aromatic carbocycles. The molecule has 27 heavy (non-hydrogen) atoms. The zero-order valence-corrected chi connectivity index (χ0v) is 17.4. The summed E-state index contributed by atoms with van der Waals surface area (Å²) in [5, 5.41) is 20.5. The summed E-state index contributed by atoms with van der Waals surface area (Å²) in [5.41, 5.74) is 0.499. The molecule has 1 aliphatic rings. The first kappa shape index (κ1) is 21.1. The second-order valence-corrected chi connectivity index (χ2v) is 9.99. The van der Waals surface area contributed by atoms with Crippen LogP contribution < -0.4 is 4.90 Å². The van der Waals surface area contributed by atoms with Crippen LogP contribution in [0.5, 0.6) is 0 Å². The van der Waals surface area contributed by atoms with E-state index in [4.69, 9.17) is 4.43 Å². The zero-order valence-electron chi connectivity index (χ0n) is 16.4. The predicted octanol–water partition coefficient (Wildman–Crippen LogP) is 2.84. The van der Waals surface area contributed by atoms with Crippen LogP contribution >= 0.6 is 0 Å². The fourth-order valence-electron chi connectivity index (χ4n) is 3.30. The van der Waals surface area contributed by atoms with Crippen molar-refractivity contribution in [2.24, 2.45) is 5.41 Å². The highest BCUT2D eigenvalue weighted by molar-refractivity contribution is 6.48. The molecule has 2 atom stereocenters. The number of amides is 1. The van der Waals surface area contributed by atoms with Gasteiger partial charge in [0, 0.05) is 25.7 Å². The predicted molar refractivity (Wildman–Crippen MR) is 103 cm³/mol. The molecule has 0 saturated carbocycles. The Morgan fingerprint density at radius 1 is 1.41 bits per heavy atom. The average molecular weight is 396 g/mol. The van der Waals surface area contributed by atoms with Gasteiger partial charge in [-0.1, -0.05) is 20.8 Å². The smallest absolute Gasteiger partial charge is 0.407 e. The molecule has 1 radical (unpaired) electrons. The number of aromatic nitrogens is 1. The van der Waals surface area contributed by atoms with Crippen LogP contribution in [-0.4, -0.2) is 66.8 Å². The number of carbonyl (C=O) groups is 1. The Morgan fingerprint density at radius 2 is 2.07 bits per heavy atom. The van der Waals surface area contributed by atoms with Crippen LogP contribution in [0.2, 0.25) is 13.1 Å². The third kappa shape index (κ3) is 5.16. The maximum absolute atomic E-state index is 11.8. The van der Waals surface area contributed by atoms with Crippen LogP contribution in [0.3, 0.4) is 0 Å². The van der Waals surface area contributed by atoms with Gasteiger partial charge in [0.25, 0.3) is 0 Å². The first-order valence-corrected chi connectivity index (χ1v) is 11.2. The summed E-state index contributed by atoms with van der Waals surface area (Å²) in [5.74, 6) is -0.209. The van der Waals surface area contributed by atoms with Gasteiger partial charge in [0.1, 0.15) is 0 Å². The van der Waals surface area contributed by atoms with Gasteiger partial charge in [0.15, 0.2) is 6.20 Å². The van der Waals surface area contributed by atoms with E-state index in [2.05, 4.69) is 25.8 Å². The van der Waals surface area contributed by atoms with Gasteiger partial charge in [-0.05, 0) is 34.5 Å². The topological polar surface area (TPSA) is 109 Å². The summed E-state index contributed by atoms with van der Waals surface area (Å²) < 4.78 is 6.23. The average Bonchev–Trinajstić information content (AvgIpc) is 2.58. The van der Waals surface area contributed by atoms with Gasteiger partial charge in [0.2, 0.25) is 9.04 Å². The highest BCUT2D eigenvalue weighted by Crippen LogP contribution is 2.31. The zero-order chi connectivity index (χ0) is 20.4. The van der Waals surface area contributed by atoms with Crippen molar-refractivity contribution < 1.29 is 19.3 Å². The lowest BCUT2D eigenvalue weighted by Crippen LogP contribution is -2.62. The minimum atomic E-state index is -1.03. The summed E-state index contributed by atoms with van der Waals surface area (Å²) in [7, 11) is -1.03. The van der Waals surface area contributed by atoms with E-state index < -0.39 is 20.1 Å². The minimum Gasteiger partial charge on any atom is -0.465 e. The van der Waals surface area contributed by atoms with Gasteiger partial charge in [-0.15, -0.1) is 0 Å². The third-order valence-electron chi connectivity index (χ3n) is 4.51. The molecule has 2 heterocycles. The lowest BCUT2D eigenvalue weighted by atomic mass is 9.83. The van der Waals surface area contributed by atoms with Crippen LogP contribution in [0, 0.1) is 15.5 Å². The molecule has 9 nitrogen and oxygen atoms in total. The molecular formula is C17H27N4O5Si. The summed E-state index contributed by atoms with van der Waals surface area (Å²) in [6.45, 7) is 11.5. The summed E-state index contributed by atoms with van der Waals surface area (Å²) in [6, 6.07) is 2.68. The summed E-state index contributed by atoms with van der Waals surface area (Å²) in [4.78, 5) is 29.4. The Hall–Kier alpha value is -2.20. The first-order chi connectivity index (χ1) is 12.5. The molecule has 0 bridgehead atoms. The van der Waals surface area contributed by atoms with Crippen LogP contribution in [0.1, 0.15) is 20.8 Å². The van der Waals surface area contributed by atoms with Crippen molar-refractivity contribution in [3.63, 3.8) is 0 Å². The molecule has 1 saturated heterocycles. The maximum atomic E-state index is 11.8. The van der Waals surface area contributed by atoms with Crippen molar-refractivity contribution in [3.05, 3.63) is 28.4 Å². The molecule has 10 heteroatoms. The highest BCUT2D eigenvalue weighted by Gasteiger charge is 2.42. The SMILES string of the molecule is C[Si](C)OC([C@H]1CN(c2ccc([N+](=O)[O-])nc2)CCN1C(=O)O)C(C)(C)C. The van der Waals surface area contributed by atoms with Gasteiger partial charge < -0.3 is 24.5 Å². The van der Waals surface area contributed by atoms with Crippen molar-refractivity contribution in [1.29, 1.82) is 0 Å². The van der Waals surface area contributed by atoms with Crippen LogP contribution in [0.25, 0.3) is 0 Å². The first-order valence-electron chi connectivity index (χ1n) is 8.82. The van der Waals surface area contributed by atoms with E-state index in [1.54, 1.807) is 6.07 Å². The van der Waals surface area contributed by atoms with Crippen molar-refractivity contribution in [2.45, 2.75) is 46.0 Å². The molecule has 1 fully saturated rings. The number of anilines is 1. The lowest BCUT2D eigenvalue weighted by molar-refractivity contribution is -0.389. The lowest BCUT2D eigenvalue weighted by Gasteiger charge is -2.48. The number of piperazine rings is 1. The largest absolute Gasteiger partial charge is 0.465 e. The van der Waals surface area contributed by atoms with E-state index in [-0.39, 0.29) is 23.4 Å². The molecule has 2 rings (SSSR count). The van der Waals surface area contributed by atoms with Crippen molar-refractivity contribution in [3.8, 4) is 0 Å². The van der Waals surface area contributed by atoms with E-state index in [0.29, 0.717) is 19.6 Å². The number of hydrogen-bond donors (Lipinski definition) is 1. The van der Waals surface area contributed by atoms with Gasteiger partial charge in [-0.25, -0.2) is 4.79 Å². The van der Waals surface area contributed by atoms with E-state index >= 15 is 0 Å². The second kappa shape index (κ2) is 8.22. The van der Waals surface area contributed by atoms with E-state index in [1.165, 1.54) is 17.2 Å². The molecule has 1 aliphatic heterocycles. The van der Waals surface area contributed by atoms with Crippen LogP contribution in [0.4, 0.5) is 16.3 Å². The normalized spacial score (nSPS) is 19.3. The Balaban J connectivity index is 2.30. The van der Waals surface area contributed by atoms with Gasteiger partial charge >= 0.3 is 11.9 Å². The number of pyridine rings is 1. The van der Waals surface area contributed by atoms with Crippen LogP contribution in [-0.2, 0) is 4.43 Å². The molecule has 1 N–H and O–H groups in total. The van der Waals surface area contributed by atoms with E-state index in [9.17, 15) is 20.0 Å². The molecule has 1 unspecified atom stereocenters. The minimum absolute atomic E-state index is 0.209. The van der Waals surface area contributed by atoms with Gasteiger partial charge in [-0.3, -0.25) is 4.90 Å². The fraction of sp³-hybridized carbons (Fsp3) is 0.647. The van der Waals surface area contributed by atoms with Crippen LogP contribution in [0.15, 0.2) is 18.3 Å². The Labute approximate surface area is 160 Å². The number of hydrogen-bond acceptors (Lipinski definition) is 6. The number of nitrogens with zero attached hydrogens (tertiary/aromatic N) is 4. The Bertz CT molecular complexity index is 677. The molecule has 1 aromatic rings. The molecule has 1 aromatic heterocycles. The van der Waals surface area contributed by atoms with Gasteiger partial charge in [-0.2, -0.15) is 0 Å². The van der Waals surface area contributed by atoms with E-state index in [0.717, 1.165) is 5.69 Å². The molecule has 1 amide bonds. The number of rotatable bonds is 5. The van der Waals surface area contributed by atoms with Crippen molar-refractivity contribution in [2.75, 3.05) is 24.5 Å².